The third-order valence-electron chi connectivity index (χ3n) is 3.48. The van der Waals surface area contributed by atoms with Crippen LogP contribution in [0.25, 0.3) is 0 Å². The zero-order chi connectivity index (χ0) is 8.89. The average molecular weight is 171 g/mol. The van der Waals surface area contributed by atoms with E-state index in [4.69, 9.17) is 4.99 Å². The summed E-state index contributed by atoms with van der Waals surface area (Å²) in [7, 11) is 0. The largest absolute Gasteiger partial charge is 0.257 e. The van der Waals surface area contributed by atoms with E-state index in [2.05, 4.69) is 31.2 Å². The maximum Gasteiger partial charge on any atom is 0.0670 e. The third-order valence-corrected chi connectivity index (χ3v) is 3.48. The Hall–Kier alpha value is -1.11. The molecule has 1 atom stereocenters. The minimum absolute atomic E-state index is 0.288. The van der Waals surface area contributed by atoms with Crippen molar-refractivity contribution >= 4 is 11.4 Å². The summed E-state index contributed by atoms with van der Waals surface area (Å²) in [6, 6.07) is 8.57. The number of aliphatic imine (C=N–C) groups is 1. The fourth-order valence-electron chi connectivity index (χ4n) is 2.68. The van der Waals surface area contributed by atoms with E-state index in [0.717, 1.165) is 0 Å². The molecule has 1 nitrogen and oxygen atoms in total. The summed E-state index contributed by atoms with van der Waals surface area (Å²) in [4.78, 5) is 4.70. The van der Waals surface area contributed by atoms with Gasteiger partial charge in [-0.2, -0.15) is 0 Å². The van der Waals surface area contributed by atoms with Crippen molar-refractivity contribution in [3.63, 3.8) is 0 Å². The molecule has 1 saturated carbocycles. The molecule has 1 heterocycles. The van der Waals surface area contributed by atoms with Crippen LogP contribution >= 0.6 is 0 Å². The van der Waals surface area contributed by atoms with Gasteiger partial charge in [0, 0.05) is 11.1 Å². The summed E-state index contributed by atoms with van der Waals surface area (Å²) < 4.78 is 0. The van der Waals surface area contributed by atoms with Crippen LogP contribution in [0.4, 0.5) is 5.69 Å². The number of fused-ring (bicyclic) bond motifs is 3. The maximum absolute atomic E-state index is 4.70. The topological polar surface area (TPSA) is 12.4 Å². The van der Waals surface area contributed by atoms with Gasteiger partial charge in [0.2, 0.25) is 0 Å². The fourth-order valence-corrected chi connectivity index (χ4v) is 2.68. The van der Waals surface area contributed by atoms with E-state index in [1.165, 1.54) is 36.2 Å². The standard InChI is InChI=1S/C12H13N/c1-12-8-4-7-11(12)13-10-6-3-2-5-9(10)12/h2-3,5-6H,4,7-8H2,1H3. The lowest BCUT2D eigenvalue weighted by Gasteiger charge is -2.20. The van der Waals surface area contributed by atoms with Gasteiger partial charge in [-0.3, -0.25) is 4.99 Å². The monoisotopic (exact) mass is 171 g/mol. The van der Waals surface area contributed by atoms with Crippen molar-refractivity contribution in [3.05, 3.63) is 29.8 Å². The van der Waals surface area contributed by atoms with Crippen LogP contribution in [0.3, 0.4) is 0 Å². The number of hydrogen-bond acceptors (Lipinski definition) is 1. The smallest absolute Gasteiger partial charge is 0.0670 e. The zero-order valence-electron chi connectivity index (χ0n) is 7.88. The maximum atomic E-state index is 4.70. The number of benzene rings is 1. The van der Waals surface area contributed by atoms with Crippen molar-refractivity contribution in [3.8, 4) is 0 Å². The first-order valence-corrected chi connectivity index (χ1v) is 4.98. The molecule has 0 aromatic heterocycles. The van der Waals surface area contributed by atoms with Crippen molar-refractivity contribution in [2.24, 2.45) is 4.99 Å². The molecule has 0 spiro atoms. The Morgan fingerprint density at radius 1 is 1.31 bits per heavy atom. The fraction of sp³-hybridized carbons (Fsp3) is 0.417. The molecule has 0 amide bonds. The normalized spacial score (nSPS) is 29.8. The van der Waals surface area contributed by atoms with Crippen molar-refractivity contribution < 1.29 is 0 Å². The minimum Gasteiger partial charge on any atom is -0.257 e. The number of nitrogens with zero attached hydrogens (tertiary/aromatic N) is 1. The van der Waals surface area contributed by atoms with E-state index in [1.807, 2.05) is 0 Å². The number of rotatable bonds is 0. The Morgan fingerprint density at radius 2 is 2.15 bits per heavy atom. The van der Waals surface area contributed by atoms with E-state index in [0.29, 0.717) is 0 Å². The lowest BCUT2D eigenvalue weighted by atomic mass is 9.81. The van der Waals surface area contributed by atoms with E-state index in [9.17, 15) is 0 Å². The lowest BCUT2D eigenvalue weighted by Crippen LogP contribution is -2.22. The second kappa shape index (κ2) is 2.22. The lowest BCUT2D eigenvalue weighted by molar-refractivity contribution is 0.626. The van der Waals surface area contributed by atoms with Gasteiger partial charge in [0.25, 0.3) is 0 Å². The predicted molar refractivity (Wildman–Crippen MR) is 54.7 cm³/mol. The van der Waals surface area contributed by atoms with Gasteiger partial charge < -0.3 is 0 Å². The Morgan fingerprint density at radius 3 is 3.08 bits per heavy atom. The van der Waals surface area contributed by atoms with Gasteiger partial charge in [0.05, 0.1) is 5.69 Å². The molecule has 1 aliphatic heterocycles. The third kappa shape index (κ3) is 0.796. The van der Waals surface area contributed by atoms with E-state index < -0.39 is 0 Å². The van der Waals surface area contributed by atoms with Gasteiger partial charge >= 0.3 is 0 Å². The molecule has 1 aromatic rings. The highest BCUT2D eigenvalue weighted by Crippen LogP contribution is 2.47. The van der Waals surface area contributed by atoms with Gasteiger partial charge in [-0.25, -0.2) is 0 Å². The zero-order valence-corrected chi connectivity index (χ0v) is 7.88. The van der Waals surface area contributed by atoms with Gasteiger partial charge in [-0.15, -0.1) is 0 Å². The highest BCUT2D eigenvalue weighted by Gasteiger charge is 2.41. The SMILES string of the molecule is CC12CCCC1=Nc1ccccc12. The van der Waals surface area contributed by atoms with Gasteiger partial charge in [0.15, 0.2) is 0 Å². The molecule has 1 aromatic carbocycles. The van der Waals surface area contributed by atoms with Crippen molar-refractivity contribution in [1.29, 1.82) is 0 Å². The molecule has 0 radical (unpaired) electrons. The van der Waals surface area contributed by atoms with E-state index in [1.54, 1.807) is 0 Å². The van der Waals surface area contributed by atoms with Gasteiger partial charge in [-0.1, -0.05) is 25.1 Å². The van der Waals surface area contributed by atoms with Crippen LogP contribution in [0.1, 0.15) is 31.7 Å². The first-order chi connectivity index (χ1) is 6.31. The molecule has 1 aliphatic carbocycles. The molecule has 3 rings (SSSR count). The van der Waals surface area contributed by atoms with Crippen LogP contribution < -0.4 is 0 Å². The molecule has 66 valence electrons. The van der Waals surface area contributed by atoms with Crippen LogP contribution in [0.15, 0.2) is 29.3 Å². The van der Waals surface area contributed by atoms with Crippen LogP contribution in [0.2, 0.25) is 0 Å². The molecule has 13 heavy (non-hydrogen) atoms. The summed E-state index contributed by atoms with van der Waals surface area (Å²) in [6.45, 7) is 2.34. The van der Waals surface area contributed by atoms with Gasteiger partial charge in [-0.05, 0) is 30.9 Å². The highest BCUT2D eigenvalue weighted by atomic mass is 14.8. The summed E-state index contributed by atoms with van der Waals surface area (Å²) in [5.41, 5.74) is 4.35. The van der Waals surface area contributed by atoms with Crippen LogP contribution in [-0.2, 0) is 5.41 Å². The van der Waals surface area contributed by atoms with Crippen molar-refractivity contribution in [2.45, 2.75) is 31.6 Å². The molecule has 2 aliphatic rings. The minimum atomic E-state index is 0.288. The van der Waals surface area contributed by atoms with E-state index >= 15 is 0 Å². The molecule has 1 fully saturated rings. The molecule has 0 N–H and O–H groups in total. The molecule has 1 unspecified atom stereocenters. The molecule has 1 heteroatoms. The van der Waals surface area contributed by atoms with Crippen molar-refractivity contribution in [2.75, 3.05) is 0 Å². The van der Waals surface area contributed by atoms with E-state index in [-0.39, 0.29) is 5.41 Å². The Labute approximate surface area is 78.5 Å². The first-order valence-electron chi connectivity index (χ1n) is 4.98. The Kier molecular flexibility index (Phi) is 1.25. The quantitative estimate of drug-likeness (QED) is 0.568. The molecular weight excluding hydrogens is 158 g/mol. The molecular formula is C12H13N. The number of para-hydroxylation sites is 1. The summed E-state index contributed by atoms with van der Waals surface area (Å²) in [5.74, 6) is 0. The van der Waals surface area contributed by atoms with Crippen LogP contribution in [0, 0.1) is 0 Å². The van der Waals surface area contributed by atoms with Crippen LogP contribution in [0.5, 0.6) is 0 Å². The summed E-state index contributed by atoms with van der Waals surface area (Å²) >= 11 is 0. The highest BCUT2D eigenvalue weighted by molar-refractivity contribution is 6.02. The summed E-state index contributed by atoms with van der Waals surface area (Å²) in [6.07, 6.45) is 3.79. The first kappa shape index (κ1) is 7.31. The van der Waals surface area contributed by atoms with Crippen LogP contribution in [-0.4, -0.2) is 5.71 Å². The van der Waals surface area contributed by atoms with Gasteiger partial charge in [0.1, 0.15) is 0 Å². The molecule has 0 saturated heterocycles. The average Bonchev–Trinajstić information content (AvgIpc) is 2.60. The predicted octanol–water partition coefficient (Wildman–Crippen LogP) is 3.21. The van der Waals surface area contributed by atoms with Crippen molar-refractivity contribution in [1.82, 2.24) is 0 Å². The number of hydrogen-bond donors (Lipinski definition) is 0. The Bertz CT molecular complexity index is 392. The molecule has 0 bridgehead atoms. The summed E-state index contributed by atoms with van der Waals surface area (Å²) in [5, 5.41) is 0. The second-order valence-electron chi connectivity index (χ2n) is 4.26. The Balaban J connectivity index is 2.25. The second-order valence-corrected chi connectivity index (χ2v) is 4.26.